The van der Waals surface area contributed by atoms with Gasteiger partial charge in [0.15, 0.2) is 6.23 Å². The number of nitrogens with one attached hydrogen (secondary N) is 2. The fourth-order valence-corrected chi connectivity index (χ4v) is 4.56. The Hall–Kier alpha value is -4.57. The van der Waals surface area contributed by atoms with Crippen LogP contribution in [0, 0.1) is 11.6 Å². The zero-order valence-corrected chi connectivity index (χ0v) is 19.4. The number of fused-ring (bicyclic) bond motifs is 1. The zero-order valence-electron chi connectivity index (χ0n) is 19.4. The van der Waals surface area contributed by atoms with Gasteiger partial charge in [0.1, 0.15) is 23.9 Å². The van der Waals surface area contributed by atoms with E-state index in [1.54, 1.807) is 40.0 Å². The van der Waals surface area contributed by atoms with Crippen LogP contribution in [-0.4, -0.2) is 43.7 Å². The van der Waals surface area contributed by atoms with Gasteiger partial charge in [0.05, 0.1) is 16.7 Å². The number of ether oxygens (including phenoxy) is 1. The molecule has 3 heterocycles. The van der Waals surface area contributed by atoms with E-state index in [1.807, 2.05) is 18.2 Å². The summed E-state index contributed by atoms with van der Waals surface area (Å²) < 4.78 is 34.6. The fraction of sp³-hybridized carbons (Fsp3) is 0.148. The number of imidazole rings is 1. The summed E-state index contributed by atoms with van der Waals surface area (Å²) in [6.07, 6.45) is 1.57. The molecule has 1 aliphatic heterocycles. The van der Waals surface area contributed by atoms with Crippen molar-refractivity contribution in [2.45, 2.75) is 12.6 Å². The quantitative estimate of drug-likeness (QED) is 0.366. The minimum absolute atomic E-state index is 0.0839. The van der Waals surface area contributed by atoms with Crippen molar-refractivity contribution in [3.05, 3.63) is 106 Å². The van der Waals surface area contributed by atoms with E-state index in [0.717, 1.165) is 5.56 Å². The molecule has 5 aromatic rings. The van der Waals surface area contributed by atoms with Gasteiger partial charge >= 0.3 is 5.69 Å². The van der Waals surface area contributed by atoms with Crippen molar-refractivity contribution >= 4 is 16.9 Å². The Morgan fingerprint density at radius 1 is 0.919 bits per heavy atom. The van der Waals surface area contributed by atoms with Crippen LogP contribution in [0.15, 0.2) is 77.7 Å². The van der Waals surface area contributed by atoms with Gasteiger partial charge in [-0.05, 0) is 72.6 Å². The van der Waals surface area contributed by atoms with Crippen LogP contribution in [0.3, 0.4) is 0 Å². The third-order valence-corrected chi connectivity index (χ3v) is 6.41. The number of carbonyl (C=O) groups excluding carboxylic acids is 1. The molecule has 0 aliphatic carbocycles. The topological polar surface area (TPSA) is 96.0 Å². The van der Waals surface area contributed by atoms with Crippen molar-refractivity contribution in [3.8, 4) is 16.9 Å². The lowest BCUT2D eigenvalue weighted by Crippen LogP contribution is -2.30. The van der Waals surface area contributed by atoms with Gasteiger partial charge in [-0.15, -0.1) is 0 Å². The summed E-state index contributed by atoms with van der Waals surface area (Å²) in [7, 11) is 0. The first kappa shape index (κ1) is 22.9. The van der Waals surface area contributed by atoms with Crippen molar-refractivity contribution in [2.24, 2.45) is 0 Å². The number of aromatic amines is 2. The predicted octanol–water partition coefficient (Wildman–Crippen LogP) is 4.09. The summed E-state index contributed by atoms with van der Waals surface area (Å²) in [4.78, 5) is 31.5. The molecule has 0 bridgehead atoms. The highest BCUT2D eigenvalue weighted by Crippen LogP contribution is 2.35. The van der Waals surface area contributed by atoms with Gasteiger partial charge < -0.3 is 19.6 Å². The summed E-state index contributed by atoms with van der Waals surface area (Å²) in [5.74, 6) is -0.911. The second-order valence-corrected chi connectivity index (χ2v) is 8.82. The van der Waals surface area contributed by atoms with Crippen molar-refractivity contribution in [1.29, 1.82) is 0 Å². The maximum Gasteiger partial charge on any atom is 0.323 e. The van der Waals surface area contributed by atoms with Crippen LogP contribution in [-0.2, 0) is 16.0 Å². The number of carbonyl (C=O) groups is 1. The minimum Gasteiger partial charge on any atom is -0.344 e. The number of nitrogens with zero attached hydrogens (tertiary/aromatic N) is 3. The van der Waals surface area contributed by atoms with Crippen molar-refractivity contribution < 1.29 is 18.3 Å². The Morgan fingerprint density at radius 3 is 2.38 bits per heavy atom. The van der Waals surface area contributed by atoms with E-state index in [9.17, 15) is 18.4 Å². The largest absolute Gasteiger partial charge is 0.344 e. The Labute approximate surface area is 209 Å². The summed E-state index contributed by atoms with van der Waals surface area (Å²) in [6, 6.07) is 17.4. The van der Waals surface area contributed by atoms with E-state index in [1.165, 1.54) is 24.3 Å². The lowest BCUT2D eigenvalue weighted by Gasteiger charge is -2.23. The monoisotopic (exact) mass is 501 g/mol. The molecule has 1 unspecified atom stereocenters. The maximum atomic E-state index is 13.6. The van der Waals surface area contributed by atoms with Gasteiger partial charge in [-0.3, -0.25) is 4.79 Å². The molecule has 2 aromatic heterocycles. The normalized spacial score (nSPS) is 15.7. The molecule has 10 heteroatoms. The molecule has 1 fully saturated rings. The number of hydrogen-bond acceptors (Lipinski definition) is 4. The second-order valence-electron chi connectivity index (χ2n) is 8.82. The molecule has 2 N–H and O–H groups in total. The highest BCUT2D eigenvalue weighted by Gasteiger charge is 2.36. The fourth-order valence-electron chi connectivity index (χ4n) is 4.56. The van der Waals surface area contributed by atoms with E-state index in [0.29, 0.717) is 46.5 Å². The van der Waals surface area contributed by atoms with Gasteiger partial charge in [0, 0.05) is 23.9 Å². The van der Waals surface area contributed by atoms with Crippen LogP contribution in [0.4, 0.5) is 8.78 Å². The first-order chi connectivity index (χ1) is 17.9. The molecule has 0 spiro atoms. The molecule has 1 atom stereocenters. The van der Waals surface area contributed by atoms with Crippen LogP contribution in [0.25, 0.3) is 28.0 Å². The molecule has 0 radical (unpaired) electrons. The number of halogens is 2. The highest BCUT2D eigenvalue weighted by atomic mass is 19.1. The lowest BCUT2D eigenvalue weighted by molar-refractivity contribution is -0.128. The molecule has 1 aliphatic rings. The summed E-state index contributed by atoms with van der Waals surface area (Å²) >= 11 is 0. The SMILES string of the molecule is O=C1COC(c2cn(-c3ccc(F)cc3)nc2-c2ccc(F)cc2)N1CCc1ccc2[nH]c(=O)[nH]c2c1. The van der Waals surface area contributed by atoms with E-state index in [-0.39, 0.29) is 29.8 Å². The van der Waals surface area contributed by atoms with Gasteiger partial charge in [-0.1, -0.05) is 6.07 Å². The first-order valence-electron chi connectivity index (χ1n) is 11.7. The standard InChI is InChI=1S/C27H21F2N5O3/c28-18-4-2-17(3-5-18)25-21(14-34(32-25)20-8-6-19(29)7-9-20)26-33(24(35)15-37-26)12-11-16-1-10-22-23(13-16)31-27(36)30-22/h1-10,13-14,26H,11-12,15H2,(H2,30,31,36). The number of H-pyrrole nitrogens is 2. The Morgan fingerprint density at radius 2 is 1.62 bits per heavy atom. The van der Waals surface area contributed by atoms with Gasteiger partial charge in [-0.2, -0.15) is 5.10 Å². The Bertz CT molecular complexity index is 1650. The average molecular weight is 501 g/mol. The van der Waals surface area contributed by atoms with Gasteiger partial charge in [0.2, 0.25) is 0 Å². The van der Waals surface area contributed by atoms with E-state index in [2.05, 4.69) is 15.1 Å². The predicted molar refractivity (Wildman–Crippen MR) is 132 cm³/mol. The van der Waals surface area contributed by atoms with Crippen molar-refractivity contribution in [1.82, 2.24) is 24.6 Å². The summed E-state index contributed by atoms with van der Waals surface area (Å²) in [5.41, 5.74) is 4.52. The minimum atomic E-state index is -0.711. The number of benzene rings is 3. The highest BCUT2D eigenvalue weighted by molar-refractivity contribution is 5.80. The number of rotatable bonds is 6. The zero-order chi connectivity index (χ0) is 25.5. The second kappa shape index (κ2) is 9.14. The third-order valence-electron chi connectivity index (χ3n) is 6.41. The van der Waals surface area contributed by atoms with Crippen LogP contribution in [0.2, 0.25) is 0 Å². The number of aromatic nitrogens is 4. The molecule has 6 rings (SSSR count). The molecule has 3 aromatic carbocycles. The smallest absolute Gasteiger partial charge is 0.323 e. The van der Waals surface area contributed by atoms with Gasteiger partial charge in [0.25, 0.3) is 5.91 Å². The van der Waals surface area contributed by atoms with Crippen LogP contribution in [0.5, 0.6) is 0 Å². The Kier molecular flexibility index (Phi) is 5.65. The molecule has 1 amide bonds. The van der Waals surface area contributed by atoms with Crippen LogP contribution in [0.1, 0.15) is 17.4 Å². The molecule has 0 saturated carbocycles. The molecule has 186 valence electrons. The summed E-state index contributed by atoms with van der Waals surface area (Å²) in [5, 5.41) is 4.69. The van der Waals surface area contributed by atoms with E-state index >= 15 is 0 Å². The van der Waals surface area contributed by atoms with Crippen LogP contribution < -0.4 is 5.69 Å². The lowest BCUT2D eigenvalue weighted by atomic mass is 10.1. The van der Waals surface area contributed by atoms with Gasteiger partial charge in [-0.25, -0.2) is 18.3 Å². The summed E-state index contributed by atoms with van der Waals surface area (Å²) in [6.45, 7) is 0.285. The van der Waals surface area contributed by atoms with Crippen molar-refractivity contribution in [2.75, 3.05) is 13.2 Å². The van der Waals surface area contributed by atoms with E-state index < -0.39 is 6.23 Å². The van der Waals surface area contributed by atoms with Crippen LogP contribution >= 0.6 is 0 Å². The molecular weight excluding hydrogens is 480 g/mol. The first-order valence-corrected chi connectivity index (χ1v) is 11.7. The van der Waals surface area contributed by atoms with E-state index in [4.69, 9.17) is 4.74 Å². The molecule has 1 saturated heterocycles. The third kappa shape index (κ3) is 4.43. The maximum absolute atomic E-state index is 13.6. The average Bonchev–Trinajstić information content (AvgIpc) is 3.59. The molecule has 8 nitrogen and oxygen atoms in total. The Balaban J connectivity index is 1.34. The van der Waals surface area contributed by atoms with Crippen molar-refractivity contribution in [3.63, 3.8) is 0 Å². The molecular formula is C27H21F2N5O3. The number of amides is 1. The number of hydrogen-bond donors (Lipinski definition) is 2. The molecule has 37 heavy (non-hydrogen) atoms.